The number of fused-ring (bicyclic) bond motifs is 1. The lowest BCUT2D eigenvalue weighted by molar-refractivity contribution is 0.623. The summed E-state index contributed by atoms with van der Waals surface area (Å²) in [6.45, 7) is 4.40. The first kappa shape index (κ1) is 9.78. The van der Waals surface area contributed by atoms with E-state index in [1.54, 1.807) is 0 Å². The van der Waals surface area contributed by atoms with Gasteiger partial charge in [-0.3, -0.25) is 4.70 Å². The predicted octanol–water partition coefficient (Wildman–Crippen LogP) is 3.37. The molecular weight excluding hydrogens is 165 g/mol. The van der Waals surface area contributed by atoms with Crippen LogP contribution in [0.3, 0.4) is 0 Å². The van der Waals surface area contributed by atoms with Crippen molar-refractivity contribution < 1.29 is 4.70 Å². The van der Waals surface area contributed by atoms with Gasteiger partial charge in [0, 0.05) is 17.8 Å². The van der Waals surface area contributed by atoms with Crippen LogP contribution in [-0.2, 0) is 0 Å². The molecule has 2 heteroatoms. The van der Waals surface area contributed by atoms with E-state index in [0.717, 1.165) is 0 Å². The first-order valence-electron chi connectivity index (χ1n) is 4.34. The summed E-state index contributed by atoms with van der Waals surface area (Å²) in [5, 5.41) is 1.33. The third-order valence-corrected chi connectivity index (χ3v) is 2.19. The molecule has 1 aromatic heterocycles. The van der Waals surface area contributed by atoms with E-state index in [4.69, 9.17) is 0 Å². The zero-order valence-electron chi connectivity index (χ0n) is 7.90. The van der Waals surface area contributed by atoms with E-state index in [1.165, 1.54) is 10.9 Å². The second-order valence-corrected chi connectivity index (χ2v) is 3.38. The van der Waals surface area contributed by atoms with Crippen LogP contribution < -0.4 is 0 Å². The molecule has 0 spiro atoms. The molecule has 0 saturated carbocycles. The lowest BCUT2D eigenvalue weighted by Gasteiger charge is -2.08. The highest BCUT2D eigenvalue weighted by atomic mass is 19.0. The quantitative estimate of drug-likeness (QED) is 0.632. The maximum atomic E-state index is 2.29. The van der Waals surface area contributed by atoms with E-state index >= 15 is 0 Å². The average molecular weight is 179 g/mol. The first-order valence-corrected chi connectivity index (χ1v) is 4.34. The Hall–Kier alpha value is -1.31. The van der Waals surface area contributed by atoms with Gasteiger partial charge in [0.2, 0.25) is 0 Å². The van der Waals surface area contributed by atoms with Crippen LogP contribution in [0, 0.1) is 0 Å². The van der Waals surface area contributed by atoms with Gasteiger partial charge in [-0.1, -0.05) is 18.2 Å². The molecule has 2 rings (SSSR count). The Bertz CT molecular complexity index is 390. The molecule has 1 heterocycles. The second kappa shape index (κ2) is 3.60. The minimum atomic E-state index is 0. The van der Waals surface area contributed by atoms with E-state index in [1.807, 2.05) is 0 Å². The van der Waals surface area contributed by atoms with Crippen LogP contribution in [0.4, 0.5) is 4.70 Å². The summed E-state index contributed by atoms with van der Waals surface area (Å²) < 4.78 is 2.29. The van der Waals surface area contributed by atoms with Crippen molar-refractivity contribution in [1.29, 1.82) is 0 Å². The molecule has 0 N–H and O–H groups in total. The van der Waals surface area contributed by atoms with E-state index in [0.29, 0.717) is 6.04 Å². The van der Waals surface area contributed by atoms with Crippen LogP contribution >= 0.6 is 0 Å². The molecule has 0 amide bonds. The number of para-hydroxylation sites is 1. The Labute approximate surface area is 77.4 Å². The number of aromatic nitrogens is 1. The molecule has 2 aromatic rings. The molecule has 70 valence electrons. The molecule has 0 fully saturated rings. The highest BCUT2D eigenvalue weighted by molar-refractivity contribution is 5.80. The average Bonchev–Trinajstić information content (AvgIpc) is 2.47. The van der Waals surface area contributed by atoms with Crippen molar-refractivity contribution in [1.82, 2.24) is 4.57 Å². The number of rotatable bonds is 1. The van der Waals surface area contributed by atoms with Gasteiger partial charge in [-0.05, 0) is 31.4 Å². The van der Waals surface area contributed by atoms with Gasteiger partial charge < -0.3 is 4.57 Å². The first-order chi connectivity index (χ1) is 5.79. The van der Waals surface area contributed by atoms with Crippen molar-refractivity contribution in [3.63, 3.8) is 0 Å². The Morgan fingerprint density at radius 1 is 1.08 bits per heavy atom. The predicted molar refractivity (Wildman–Crippen MR) is 54.8 cm³/mol. The number of hydrogen-bond donors (Lipinski definition) is 0. The topological polar surface area (TPSA) is 4.93 Å². The summed E-state index contributed by atoms with van der Waals surface area (Å²) in [7, 11) is 0. The largest absolute Gasteiger partial charge is 0.345 e. The van der Waals surface area contributed by atoms with E-state index in [-0.39, 0.29) is 4.70 Å². The van der Waals surface area contributed by atoms with Gasteiger partial charge >= 0.3 is 0 Å². The number of hydrogen-bond acceptors (Lipinski definition) is 0. The van der Waals surface area contributed by atoms with E-state index in [2.05, 4.69) is 54.9 Å². The Morgan fingerprint density at radius 3 is 2.46 bits per heavy atom. The van der Waals surface area contributed by atoms with Gasteiger partial charge in [0.1, 0.15) is 0 Å². The fourth-order valence-electron chi connectivity index (χ4n) is 1.55. The summed E-state index contributed by atoms with van der Waals surface area (Å²) in [4.78, 5) is 0. The Balaban J connectivity index is 0.000000845. The third kappa shape index (κ3) is 1.57. The van der Waals surface area contributed by atoms with Crippen LogP contribution in [0.25, 0.3) is 10.9 Å². The van der Waals surface area contributed by atoms with Crippen LogP contribution in [0.5, 0.6) is 0 Å². The molecule has 0 unspecified atom stereocenters. The standard InChI is InChI=1S/C11H13N.FH/c1-9(2)12-8-7-10-5-3-4-6-11(10)12;/h3-9H,1-2H3;1H. The van der Waals surface area contributed by atoms with Gasteiger partial charge in [0.25, 0.3) is 0 Å². The Morgan fingerprint density at radius 2 is 1.77 bits per heavy atom. The maximum Gasteiger partial charge on any atom is 0.0482 e. The summed E-state index contributed by atoms with van der Waals surface area (Å²) in [6, 6.07) is 11.2. The van der Waals surface area contributed by atoms with Crippen LogP contribution in [0.15, 0.2) is 36.5 Å². The summed E-state index contributed by atoms with van der Waals surface area (Å²) in [5.41, 5.74) is 1.33. The lowest BCUT2D eigenvalue weighted by atomic mass is 10.2. The fourth-order valence-corrected chi connectivity index (χ4v) is 1.55. The minimum Gasteiger partial charge on any atom is -0.345 e. The van der Waals surface area contributed by atoms with Crippen molar-refractivity contribution >= 4 is 10.9 Å². The SMILES string of the molecule is CC(C)n1ccc2ccccc21.F. The van der Waals surface area contributed by atoms with Crippen LogP contribution in [-0.4, -0.2) is 4.57 Å². The molecule has 0 aliphatic rings. The smallest absolute Gasteiger partial charge is 0.0482 e. The number of halogens is 1. The van der Waals surface area contributed by atoms with Crippen molar-refractivity contribution in [2.24, 2.45) is 0 Å². The van der Waals surface area contributed by atoms with Crippen LogP contribution in [0.1, 0.15) is 19.9 Å². The number of nitrogens with zero attached hydrogens (tertiary/aromatic N) is 1. The second-order valence-electron chi connectivity index (χ2n) is 3.38. The van der Waals surface area contributed by atoms with Crippen molar-refractivity contribution in [3.05, 3.63) is 36.5 Å². The van der Waals surface area contributed by atoms with E-state index < -0.39 is 0 Å². The molecule has 0 radical (unpaired) electrons. The minimum absolute atomic E-state index is 0. The lowest BCUT2D eigenvalue weighted by Crippen LogP contribution is -1.97. The molecule has 1 aromatic carbocycles. The maximum absolute atomic E-state index is 2.29. The number of benzene rings is 1. The van der Waals surface area contributed by atoms with E-state index in [9.17, 15) is 0 Å². The van der Waals surface area contributed by atoms with Gasteiger partial charge in [-0.2, -0.15) is 0 Å². The van der Waals surface area contributed by atoms with Gasteiger partial charge in [0.15, 0.2) is 0 Å². The van der Waals surface area contributed by atoms with Crippen LogP contribution in [0.2, 0.25) is 0 Å². The Kier molecular flexibility index (Phi) is 2.71. The van der Waals surface area contributed by atoms with Gasteiger partial charge in [0.05, 0.1) is 0 Å². The summed E-state index contributed by atoms with van der Waals surface area (Å²) >= 11 is 0. The molecule has 0 saturated heterocycles. The molecule has 1 nitrogen and oxygen atoms in total. The normalized spacial score (nSPS) is 10.4. The molecular formula is C11H14FN. The highest BCUT2D eigenvalue weighted by Crippen LogP contribution is 2.18. The molecule has 0 atom stereocenters. The summed E-state index contributed by atoms with van der Waals surface area (Å²) in [5.74, 6) is 0. The fraction of sp³-hybridized carbons (Fsp3) is 0.273. The molecule has 0 aliphatic carbocycles. The molecule has 0 aliphatic heterocycles. The zero-order valence-corrected chi connectivity index (χ0v) is 7.90. The van der Waals surface area contributed by atoms with Crippen molar-refractivity contribution in [2.75, 3.05) is 0 Å². The van der Waals surface area contributed by atoms with Crippen molar-refractivity contribution in [3.8, 4) is 0 Å². The summed E-state index contributed by atoms with van der Waals surface area (Å²) in [6.07, 6.45) is 2.15. The van der Waals surface area contributed by atoms with Gasteiger partial charge in [-0.15, -0.1) is 0 Å². The van der Waals surface area contributed by atoms with Crippen molar-refractivity contribution in [2.45, 2.75) is 19.9 Å². The highest BCUT2D eigenvalue weighted by Gasteiger charge is 2.01. The monoisotopic (exact) mass is 179 g/mol. The molecule has 13 heavy (non-hydrogen) atoms. The van der Waals surface area contributed by atoms with Gasteiger partial charge in [-0.25, -0.2) is 0 Å². The third-order valence-electron chi connectivity index (χ3n) is 2.19. The zero-order chi connectivity index (χ0) is 8.55. The molecule has 0 bridgehead atoms.